The molecule has 0 aliphatic heterocycles. The number of aromatic nitrogens is 1. The number of carbonyl (C=O) groups is 1. The van der Waals surface area contributed by atoms with E-state index in [-0.39, 0.29) is 18.5 Å². The maximum absolute atomic E-state index is 14.0. The summed E-state index contributed by atoms with van der Waals surface area (Å²) < 4.78 is 72.0. The number of nitrogens with zero attached hydrogens (tertiary/aromatic N) is 2. The van der Waals surface area contributed by atoms with Crippen LogP contribution in [-0.4, -0.2) is 30.4 Å². The van der Waals surface area contributed by atoms with Gasteiger partial charge in [-0.2, -0.15) is 21.6 Å². The fraction of sp³-hybridized carbons (Fsp3) is 0.333. The van der Waals surface area contributed by atoms with E-state index >= 15 is 0 Å². The molecule has 1 aliphatic rings. The zero-order valence-corrected chi connectivity index (χ0v) is 21.0. The number of carbonyl (C=O) groups excluding carboxylic acids is 1. The van der Waals surface area contributed by atoms with E-state index in [1.807, 2.05) is 12.1 Å². The summed E-state index contributed by atoms with van der Waals surface area (Å²) in [4.78, 5) is 18.8. The number of hydrogen-bond acceptors (Lipinski definition) is 4. The van der Waals surface area contributed by atoms with Gasteiger partial charge in [-0.05, 0) is 79.5 Å². The van der Waals surface area contributed by atoms with Crippen LogP contribution in [0, 0.1) is 0 Å². The van der Waals surface area contributed by atoms with E-state index in [1.54, 1.807) is 24.3 Å². The van der Waals surface area contributed by atoms with Gasteiger partial charge in [-0.3, -0.25) is 14.3 Å². The smallest absolute Gasteiger partial charge is 0.310 e. The Morgan fingerprint density at radius 3 is 2.27 bits per heavy atom. The molecule has 1 N–H and O–H groups in total. The molecule has 4 rings (SSSR count). The van der Waals surface area contributed by atoms with Gasteiger partial charge in [0.15, 0.2) is 4.75 Å². The quantitative estimate of drug-likeness (QED) is 0.414. The van der Waals surface area contributed by atoms with Crippen molar-refractivity contribution in [2.45, 2.75) is 50.0 Å². The number of fused-ring (bicyclic) bond motifs is 1. The molecule has 6 nitrogen and oxygen atoms in total. The molecule has 1 amide bonds. The highest BCUT2D eigenvalue weighted by Crippen LogP contribution is 2.35. The monoisotopic (exact) mass is 532 g/mol. The van der Waals surface area contributed by atoms with Crippen LogP contribution in [0.15, 0.2) is 66.9 Å². The van der Waals surface area contributed by atoms with Gasteiger partial charge in [0.1, 0.15) is 5.69 Å². The second kappa shape index (κ2) is 10.3. The van der Waals surface area contributed by atoms with E-state index in [4.69, 9.17) is 0 Å². The zero-order valence-electron chi connectivity index (χ0n) is 20.2. The number of benzene rings is 2. The Morgan fingerprint density at radius 1 is 1.00 bits per heavy atom. The van der Waals surface area contributed by atoms with Gasteiger partial charge in [0.2, 0.25) is 0 Å². The van der Waals surface area contributed by atoms with E-state index in [0.717, 1.165) is 56.0 Å². The minimum Gasteiger partial charge on any atom is -0.310 e. The molecule has 1 aromatic heterocycles. The van der Waals surface area contributed by atoms with Crippen molar-refractivity contribution < 1.29 is 30.9 Å². The predicted molar refractivity (Wildman–Crippen MR) is 134 cm³/mol. The molecule has 0 saturated heterocycles. The van der Waals surface area contributed by atoms with Gasteiger partial charge >= 0.3 is 6.18 Å². The first-order valence-electron chi connectivity index (χ1n) is 11.9. The van der Waals surface area contributed by atoms with Crippen molar-refractivity contribution in [1.29, 1.82) is 0 Å². The summed E-state index contributed by atoms with van der Waals surface area (Å²) in [6, 6.07) is 15.4. The number of halogens is 3. The van der Waals surface area contributed by atoms with Crippen LogP contribution in [-0.2, 0) is 45.1 Å². The van der Waals surface area contributed by atoms with Crippen LogP contribution >= 0.6 is 0 Å². The molecule has 3 aromatic rings. The molecule has 0 bridgehead atoms. The first-order chi connectivity index (χ1) is 17.4. The third-order valence-electron chi connectivity index (χ3n) is 6.88. The SMILES string of the molecule is CC(C(=O)N(CCc1ccc(C(F)(F)F)nc1)c1ccc2c(c1)CCCC2)(c1ccccc1)S(=O)(=O)O. The van der Waals surface area contributed by atoms with Crippen LogP contribution in [0.1, 0.15) is 47.7 Å². The van der Waals surface area contributed by atoms with E-state index in [2.05, 4.69) is 4.98 Å². The Bertz CT molecular complexity index is 1380. The van der Waals surface area contributed by atoms with Gasteiger partial charge < -0.3 is 4.90 Å². The van der Waals surface area contributed by atoms with Crippen molar-refractivity contribution in [3.05, 3.63) is 94.8 Å². The maximum atomic E-state index is 14.0. The number of rotatable bonds is 7. The summed E-state index contributed by atoms with van der Waals surface area (Å²) in [5.41, 5.74) is 2.19. The third kappa shape index (κ3) is 5.55. The Hall–Kier alpha value is -3.24. The lowest BCUT2D eigenvalue weighted by Gasteiger charge is -2.33. The highest BCUT2D eigenvalue weighted by atomic mass is 32.2. The zero-order chi connectivity index (χ0) is 26.8. The number of alkyl halides is 3. The average molecular weight is 533 g/mol. The molecule has 1 atom stereocenters. The normalized spacial score (nSPS) is 15.5. The molecular weight excluding hydrogens is 505 g/mol. The lowest BCUT2D eigenvalue weighted by Crippen LogP contribution is -2.50. The average Bonchev–Trinajstić information content (AvgIpc) is 2.87. The third-order valence-corrected chi connectivity index (χ3v) is 8.32. The summed E-state index contributed by atoms with van der Waals surface area (Å²) in [5, 5.41) is 0. The molecular formula is C27H27F3N2O4S. The minimum absolute atomic E-state index is 0.0391. The van der Waals surface area contributed by atoms with Gasteiger partial charge in [0, 0.05) is 18.4 Å². The lowest BCUT2D eigenvalue weighted by atomic mass is 9.91. The Labute approximate surface area is 213 Å². The minimum atomic E-state index is -4.92. The van der Waals surface area contributed by atoms with Gasteiger partial charge in [0.25, 0.3) is 16.0 Å². The van der Waals surface area contributed by atoms with Crippen molar-refractivity contribution in [3.63, 3.8) is 0 Å². The van der Waals surface area contributed by atoms with Crippen LogP contribution in [0.4, 0.5) is 18.9 Å². The molecule has 0 saturated carbocycles. The molecule has 0 radical (unpaired) electrons. The molecule has 37 heavy (non-hydrogen) atoms. The van der Waals surface area contributed by atoms with E-state index < -0.39 is 32.6 Å². The molecule has 1 unspecified atom stereocenters. The van der Waals surface area contributed by atoms with Crippen molar-refractivity contribution in [2.24, 2.45) is 0 Å². The number of pyridine rings is 1. The fourth-order valence-electron chi connectivity index (χ4n) is 4.61. The van der Waals surface area contributed by atoms with Crippen LogP contribution < -0.4 is 4.90 Å². The second-order valence-electron chi connectivity index (χ2n) is 9.29. The summed E-state index contributed by atoms with van der Waals surface area (Å²) in [5.74, 6) is -0.864. The highest BCUT2D eigenvalue weighted by Gasteiger charge is 2.50. The summed E-state index contributed by atoms with van der Waals surface area (Å²) >= 11 is 0. The molecule has 196 valence electrons. The highest BCUT2D eigenvalue weighted by molar-refractivity contribution is 7.87. The fourth-order valence-corrected chi connectivity index (χ4v) is 5.38. The number of anilines is 1. The first-order valence-corrected chi connectivity index (χ1v) is 13.3. The number of hydrogen-bond donors (Lipinski definition) is 1. The predicted octanol–water partition coefficient (Wildman–Crippen LogP) is 5.36. The van der Waals surface area contributed by atoms with Crippen molar-refractivity contribution in [3.8, 4) is 0 Å². The Kier molecular flexibility index (Phi) is 7.43. The Morgan fingerprint density at radius 2 is 1.68 bits per heavy atom. The molecule has 1 heterocycles. The van der Waals surface area contributed by atoms with Crippen molar-refractivity contribution >= 4 is 21.7 Å². The second-order valence-corrected chi connectivity index (χ2v) is 11.1. The van der Waals surface area contributed by atoms with E-state index in [0.29, 0.717) is 11.3 Å². The first kappa shape index (κ1) is 26.8. The van der Waals surface area contributed by atoms with Gasteiger partial charge in [-0.15, -0.1) is 0 Å². The van der Waals surface area contributed by atoms with Gasteiger partial charge in [-0.1, -0.05) is 42.5 Å². The topological polar surface area (TPSA) is 87.6 Å². The van der Waals surface area contributed by atoms with Crippen molar-refractivity contribution in [2.75, 3.05) is 11.4 Å². The summed E-state index contributed by atoms with van der Waals surface area (Å²) in [6.45, 7) is 1.12. The van der Waals surface area contributed by atoms with Crippen molar-refractivity contribution in [1.82, 2.24) is 4.98 Å². The van der Waals surface area contributed by atoms with Gasteiger partial charge in [0.05, 0.1) is 0 Å². The molecule has 2 aromatic carbocycles. The van der Waals surface area contributed by atoms with E-state index in [1.165, 1.54) is 23.1 Å². The summed E-state index contributed by atoms with van der Waals surface area (Å²) in [7, 11) is -4.92. The number of amides is 1. The van der Waals surface area contributed by atoms with Crippen LogP contribution in [0.2, 0.25) is 0 Å². The molecule has 1 aliphatic carbocycles. The van der Waals surface area contributed by atoms with Crippen LogP contribution in [0.25, 0.3) is 0 Å². The molecule has 0 spiro atoms. The van der Waals surface area contributed by atoms with E-state index in [9.17, 15) is 30.9 Å². The standard InChI is InChI=1S/C27H27F3N2O4S/c1-26(37(34,35)36,22-9-3-2-4-10-22)25(33)32(23-13-12-20-7-5-6-8-21(20)17-23)16-15-19-11-14-24(31-18-19)27(28,29)30/h2-4,9-14,17-18H,5-8,15-16H2,1H3,(H,34,35,36). The lowest BCUT2D eigenvalue weighted by molar-refractivity contribution is -0.141. The summed E-state index contributed by atoms with van der Waals surface area (Å²) in [6.07, 6.45) is 0.424. The van der Waals surface area contributed by atoms with Crippen LogP contribution in [0.3, 0.4) is 0 Å². The maximum Gasteiger partial charge on any atom is 0.433 e. The van der Waals surface area contributed by atoms with Crippen LogP contribution in [0.5, 0.6) is 0 Å². The largest absolute Gasteiger partial charge is 0.433 e. The molecule has 10 heteroatoms. The number of aryl methyl sites for hydroxylation is 2. The van der Waals surface area contributed by atoms with Gasteiger partial charge in [-0.25, -0.2) is 0 Å². The molecule has 0 fully saturated rings. The Balaban J connectivity index is 1.74.